The minimum absolute atomic E-state index is 0. The van der Waals surface area contributed by atoms with Gasteiger partial charge in [0.05, 0.1) is 6.61 Å². The number of ether oxygens (including phenoxy) is 1. The van der Waals surface area contributed by atoms with Gasteiger partial charge in [0.25, 0.3) is 0 Å². The van der Waals surface area contributed by atoms with Crippen LogP contribution in [-0.4, -0.2) is 6.61 Å². The van der Waals surface area contributed by atoms with Crippen molar-refractivity contribution in [1.82, 2.24) is 0 Å². The fourth-order valence-electron chi connectivity index (χ4n) is 0.898. The largest absolute Gasteiger partial charge is 1.00 e. The normalized spacial score (nSPS) is 9.00. The zero-order valence-electron chi connectivity index (χ0n) is 8.25. The number of hydrogen-bond donors (Lipinski definition) is 0. The molecule has 0 aliphatic rings. The van der Waals surface area contributed by atoms with Crippen LogP contribution < -0.4 is 39.4 Å². The van der Waals surface area contributed by atoms with Gasteiger partial charge in [0.15, 0.2) is 0 Å². The quantitative estimate of drug-likeness (QED) is 0.446. The zero-order valence-corrected chi connectivity index (χ0v) is 10.2. The van der Waals surface area contributed by atoms with E-state index in [1.165, 1.54) is 12.1 Å². The summed E-state index contributed by atoms with van der Waals surface area (Å²) in [5.74, 6) is 0.681. The molecule has 0 unspecified atom stereocenters. The van der Waals surface area contributed by atoms with Crippen LogP contribution in [0.5, 0.6) is 11.5 Å². The average molecular weight is 188 g/mol. The Bertz CT molecular complexity index is 238. The fraction of sp³-hybridized carbons (Fsp3) is 0.400. The van der Waals surface area contributed by atoms with Gasteiger partial charge in [0, 0.05) is 0 Å². The standard InChI is InChI=1S/C10H14O2.Na/c1-2-3-7-12-10-6-4-5-9(11)8-10;/h4-6,8,11H,2-3,7H2,1H3;/q;+1/p-1. The van der Waals surface area contributed by atoms with E-state index in [0.717, 1.165) is 12.8 Å². The number of hydrogen-bond acceptors (Lipinski definition) is 2. The summed E-state index contributed by atoms with van der Waals surface area (Å²) in [6.07, 6.45) is 2.14. The molecule has 0 spiro atoms. The average Bonchev–Trinajstić information content (AvgIpc) is 2.05. The second kappa shape index (κ2) is 7.25. The molecule has 13 heavy (non-hydrogen) atoms. The molecule has 0 saturated carbocycles. The molecule has 1 aromatic rings. The summed E-state index contributed by atoms with van der Waals surface area (Å²) in [4.78, 5) is 0. The molecule has 0 amide bonds. The summed E-state index contributed by atoms with van der Waals surface area (Å²) >= 11 is 0. The molecule has 0 aliphatic carbocycles. The molecular weight excluding hydrogens is 175 g/mol. The van der Waals surface area contributed by atoms with E-state index in [2.05, 4.69) is 6.92 Å². The van der Waals surface area contributed by atoms with Crippen LogP contribution in [0.25, 0.3) is 0 Å². The minimum Gasteiger partial charge on any atom is -0.872 e. The van der Waals surface area contributed by atoms with Crippen molar-refractivity contribution in [3.63, 3.8) is 0 Å². The molecule has 1 rings (SSSR count). The molecule has 0 N–H and O–H groups in total. The van der Waals surface area contributed by atoms with E-state index in [9.17, 15) is 5.11 Å². The Labute approximate surface area is 101 Å². The van der Waals surface area contributed by atoms with E-state index in [4.69, 9.17) is 4.74 Å². The third kappa shape index (κ3) is 5.19. The third-order valence-electron chi connectivity index (χ3n) is 1.57. The predicted octanol–water partition coefficient (Wildman–Crippen LogP) is -1.06. The van der Waals surface area contributed by atoms with Gasteiger partial charge in [-0.3, -0.25) is 0 Å². The van der Waals surface area contributed by atoms with Gasteiger partial charge in [-0.25, -0.2) is 0 Å². The second-order valence-electron chi connectivity index (χ2n) is 2.68. The minimum atomic E-state index is 0. The molecule has 0 saturated heterocycles. The van der Waals surface area contributed by atoms with Gasteiger partial charge < -0.3 is 9.84 Å². The van der Waals surface area contributed by atoms with Crippen LogP contribution in [0.4, 0.5) is 0 Å². The number of unbranched alkanes of at least 4 members (excludes halogenated alkanes) is 1. The van der Waals surface area contributed by atoms with Crippen LogP contribution in [0.2, 0.25) is 0 Å². The SMILES string of the molecule is CCCCOc1cccc([O-])c1.[Na+]. The maximum atomic E-state index is 10.8. The number of benzene rings is 1. The van der Waals surface area contributed by atoms with Crippen molar-refractivity contribution < 1.29 is 39.4 Å². The third-order valence-corrected chi connectivity index (χ3v) is 1.57. The summed E-state index contributed by atoms with van der Waals surface area (Å²) in [6, 6.07) is 6.54. The van der Waals surface area contributed by atoms with E-state index >= 15 is 0 Å². The van der Waals surface area contributed by atoms with E-state index in [1.54, 1.807) is 12.1 Å². The van der Waals surface area contributed by atoms with Gasteiger partial charge in [-0.15, -0.1) is 5.75 Å². The van der Waals surface area contributed by atoms with Gasteiger partial charge in [0.1, 0.15) is 5.75 Å². The van der Waals surface area contributed by atoms with Gasteiger partial charge in [0.2, 0.25) is 0 Å². The van der Waals surface area contributed by atoms with Crippen LogP contribution in [0.3, 0.4) is 0 Å². The fourth-order valence-corrected chi connectivity index (χ4v) is 0.898. The molecule has 3 heteroatoms. The Hall–Kier alpha value is -0.180. The van der Waals surface area contributed by atoms with Crippen molar-refractivity contribution in [3.8, 4) is 11.5 Å². The Morgan fingerprint density at radius 3 is 2.77 bits per heavy atom. The summed E-state index contributed by atoms with van der Waals surface area (Å²) in [7, 11) is 0. The predicted molar refractivity (Wildman–Crippen MR) is 46.3 cm³/mol. The second-order valence-corrected chi connectivity index (χ2v) is 2.68. The Morgan fingerprint density at radius 1 is 1.38 bits per heavy atom. The van der Waals surface area contributed by atoms with Crippen molar-refractivity contribution >= 4 is 0 Å². The molecule has 0 fully saturated rings. The molecule has 1 aromatic carbocycles. The Balaban J connectivity index is 0.00000144. The smallest absolute Gasteiger partial charge is 0.872 e. The molecule has 0 atom stereocenters. The molecule has 2 nitrogen and oxygen atoms in total. The number of rotatable bonds is 4. The van der Waals surface area contributed by atoms with Gasteiger partial charge in [-0.05, 0) is 18.6 Å². The van der Waals surface area contributed by atoms with Crippen LogP contribution in [0, 0.1) is 0 Å². The monoisotopic (exact) mass is 188 g/mol. The van der Waals surface area contributed by atoms with Crippen LogP contribution in [0.15, 0.2) is 24.3 Å². The molecule has 0 heterocycles. The Kier molecular flexibility index (Phi) is 7.14. The maximum absolute atomic E-state index is 10.8. The maximum Gasteiger partial charge on any atom is 1.00 e. The first-order valence-corrected chi connectivity index (χ1v) is 4.23. The molecule has 0 bridgehead atoms. The van der Waals surface area contributed by atoms with Gasteiger partial charge in [-0.2, -0.15) is 0 Å². The summed E-state index contributed by atoms with van der Waals surface area (Å²) in [6.45, 7) is 2.80. The summed E-state index contributed by atoms with van der Waals surface area (Å²) < 4.78 is 5.33. The van der Waals surface area contributed by atoms with E-state index in [0.29, 0.717) is 12.4 Å². The van der Waals surface area contributed by atoms with Crippen molar-refractivity contribution in [2.75, 3.05) is 6.61 Å². The van der Waals surface area contributed by atoms with E-state index in [1.807, 2.05) is 0 Å². The first-order valence-electron chi connectivity index (χ1n) is 4.23. The van der Waals surface area contributed by atoms with E-state index < -0.39 is 0 Å². The van der Waals surface area contributed by atoms with Crippen molar-refractivity contribution in [3.05, 3.63) is 24.3 Å². The first kappa shape index (κ1) is 12.8. The molecular formula is C10H13NaO2. The van der Waals surface area contributed by atoms with Gasteiger partial charge in [-0.1, -0.05) is 25.5 Å². The summed E-state index contributed by atoms with van der Waals surface area (Å²) in [5.41, 5.74) is 0. The summed E-state index contributed by atoms with van der Waals surface area (Å²) in [5, 5.41) is 10.8. The Morgan fingerprint density at radius 2 is 2.15 bits per heavy atom. The molecule has 0 aliphatic heterocycles. The molecule has 0 radical (unpaired) electrons. The zero-order chi connectivity index (χ0) is 8.81. The van der Waals surface area contributed by atoms with Crippen LogP contribution >= 0.6 is 0 Å². The molecule has 0 aromatic heterocycles. The van der Waals surface area contributed by atoms with Crippen LogP contribution in [0.1, 0.15) is 19.8 Å². The van der Waals surface area contributed by atoms with Crippen molar-refractivity contribution in [2.24, 2.45) is 0 Å². The van der Waals surface area contributed by atoms with Gasteiger partial charge >= 0.3 is 29.6 Å². The van der Waals surface area contributed by atoms with Crippen molar-refractivity contribution in [1.29, 1.82) is 0 Å². The van der Waals surface area contributed by atoms with Crippen LogP contribution in [-0.2, 0) is 0 Å². The molecule has 66 valence electrons. The van der Waals surface area contributed by atoms with E-state index in [-0.39, 0.29) is 35.3 Å². The first-order chi connectivity index (χ1) is 5.83. The van der Waals surface area contributed by atoms with Crippen molar-refractivity contribution in [2.45, 2.75) is 19.8 Å². The topological polar surface area (TPSA) is 32.3 Å².